The first-order valence-electron chi connectivity index (χ1n) is 4.79. The van der Waals surface area contributed by atoms with Crippen molar-refractivity contribution < 1.29 is 14.6 Å². The fraction of sp³-hybridized carbons (Fsp3) is 0.300. The standard InChI is InChI=1S/C10H11N3O3/c1-16-10(15)7-2-3-8-11-12-9(4-5-14)13(8)6-7/h2-3,6,14H,4-5H2,1H3. The summed E-state index contributed by atoms with van der Waals surface area (Å²) in [7, 11) is 1.33. The molecule has 0 radical (unpaired) electrons. The number of carbonyl (C=O) groups excluding carboxylic acids is 1. The third-order valence-corrected chi connectivity index (χ3v) is 2.23. The molecule has 16 heavy (non-hydrogen) atoms. The molecule has 0 aromatic carbocycles. The molecule has 2 aromatic heterocycles. The number of nitrogens with zero attached hydrogens (tertiary/aromatic N) is 3. The molecular weight excluding hydrogens is 210 g/mol. The van der Waals surface area contributed by atoms with Gasteiger partial charge in [-0.1, -0.05) is 0 Å². The van der Waals surface area contributed by atoms with Crippen LogP contribution in [-0.4, -0.2) is 39.4 Å². The van der Waals surface area contributed by atoms with Crippen molar-refractivity contribution in [2.24, 2.45) is 0 Å². The maximum absolute atomic E-state index is 11.3. The lowest BCUT2D eigenvalue weighted by atomic mass is 10.3. The van der Waals surface area contributed by atoms with Crippen LogP contribution in [0.15, 0.2) is 18.3 Å². The minimum Gasteiger partial charge on any atom is -0.465 e. The number of ether oxygens (including phenoxy) is 1. The van der Waals surface area contributed by atoms with Crippen molar-refractivity contribution in [2.45, 2.75) is 6.42 Å². The molecule has 0 saturated heterocycles. The first kappa shape index (κ1) is 10.6. The van der Waals surface area contributed by atoms with E-state index >= 15 is 0 Å². The van der Waals surface area contributed by atoms with Gasteiger partial charge in [0.05, 0.1) is 19.3 Å². The Labute approximate surface area is 91.5 Å². The van der Waals surface area contributed by atoms with E-state index in [2.05, 4.69) is 14.9 Å². The number of carbonyl (C=O) groups is 1. The van der Waals surface area contributed by atoms with E-state index in [-0.39, 0.29) is 6.61 Å². The molecule has 0 fully saturated rings. The topological polar surface area (TPSA) is 76.7 Å². The highest BCUT2D eigenvalue weighted by atomic mass is 16.5. The smallest absolute Gasteiger partial charge is 0.339 e. The summed E-state index contributed by atoms with van der Waals surface area (Å²) in [4.78, 5) is 11.3. The van der Waals surface area contributed by atoms with Crippen molar-refractivity contribution in [2.75, 3.05) is 13.7 Å². The Bertz CT molecular complexity index is 521. The first-order valence-corrected chi connectivity index (χ1v) is 4.79. The van der Waals surface area contributed by atoms with Gasteiger partial charge in [-0.3, -0.25) is 4.40 Å². The molecule has 0 bridgehead atoms. The van der Waals surface area contributed by atoms with Crippen molar-refractivity contribution in [3.05, 3.63) is 29.7 Å². The quantitative estimate of drug-likeness (QED) is 0.741. The van der Waals surface area contributed by atoms with Gasteiger partial charge >= 0.3 is 5.97 Å². The molecule has 0 aliphatic carbocycles. The van der Waals surface area contributed by atoms with E-state index in [1.54, 1.807) is 22.7 Å². The molecule has 0 amide bonds. The predicted octanol–water partition coefficient (Wildman–Crippen LogP) is 0.0507. The monoisotopic (exact) mass is 221 g/mol. The van der Waals surface area contributed by atoms with E-state index in [0.29, 0.717) is 23.5 Å². The number of hydrogen-bond acceptors (Lipinski definition) is 5. The summed E-state index contributed by atoms with van der Waals surface area (Å²) < 4.78 is 6.29. The van der Waals surface area contributed by atoms with E-state index in [9.17, 15) is 4.79 Å². The number of hydrogen-bond donors (Lipinski definition) is 1. The van der Waals surface area contributed by atoms with E-state index in [4.69, 9.17) is 5.11 Å². The summed E-state index contributed by atoms with van der Waals surface area (Å²) in [6.45, 7) is -0.0107. The van der Waals surface area contributed by atoms with Crippen LogP contribution < -0.4 is 0 Å². The second-order valence-corrected chi connectivity index (χ2v) is 3.23. The molecule has 2 rings (SSSR count). The van der Waals surface area contributed by atoms with Crippen LogP contribution in [-0.2, 0) is 11.2 Å². The number of aromatic nitrogens is 3. The highest BCUT2D eigenvalue weighted by molar-refractivity contribution is 5.89. The first-order chi connectivity index (χ1) is 7.76. The van der Waals surface area contributed by atoms with Gasteiger partial charge in [-0.15, -0.1) is 10.2 Å². The van der Waals surface area contributed by atoms with Crippen LogP contribution in [0.3, 0.4) is 0 Å². The average molecular weight is 221 g/mol. The van der Waals surface area contributed by atoms with Gasteiger partial charge in [-0.05, 0) is 12.1 Å². The van der Waals surface area contributed by atoms with E-state index < -0.39 is 5.97 Å². The van der Waals surface area contributed by atoms with Crippen LogP contribution in [0.2, 0.25) is 0 Å². The van der Waals surface area contributed by atoms with Gasteiger partial charge in [0, 0.05) is 12.6 Å². The number of pyridine rings is 1. The summed E-state index contributed by atoms with van der Waals surface area (Å²) in [6.07, 6.45) is 2.00. The van der Waals surface area contributed by atoms with Crippen molar-refractivity contribution in [3.63, 3.8) is 0 Å². The molecule has 0 atom stereocenters. The molecule has 2 heterocycles. The van der Waals surface area contributed by atoms with Gasteiger partial charge in [0.1, 0.15) is 5.82 Å². The van der Waals surface area contributed by atoms with E-state index in [1.165, 1.54) is 7.11 Å². The van der Waals surface area contributed by atoms with Crippen molar-refractivity contribution in [1.82, 2.24) is 14.6 Å². The largest absolute Gasteiger partial charge is 0.465 e. The van der Waals surface area contributed by atoms with Crippen LogP contribution in [0.1, 0.15) is 16.2 Å². The zero-order valence-electron chi connectivity index (χ0n) is 8.75. The van der Waals surface area contributed by atoms with Gasteiger partial charge in [0.2, 0.25) is 0 Å². The zero-order chi connectivity index (χ0) is 11.5. The third kappa shape index (κ3) is 1.74. The lowest BCUT2D eigenvalue weighted by Gasteiger charge is -2.01. The van der Waals surface area contributed by atoms with Gasteiger partial charge in [0.25, 0.3) is 0 Å². The van der Waals surface area contributed by atoms with Gasteiger partial charge in [0.15, 0.2) is 5.65 Å². The maximum Gasteiger partial charge on any atom is 0.339 e. The molecule has 0 saturated carbocycles. The summed E-state index contributed by atoms with van der Waals surface area (Å²) in [6, 6.07) is 3.30. The highest BCUT2D eigenvalue weighted by Crippen LogP contribution is 2.08. The molecule has 0 aliphatic rings. The van der Waals surface area contributed by atoms with E-state index in [0.717, 1.165) is 0 Å². The molecule has 84 valence electrons. The molecule has 2 aromatic rings. The van der Waals surface area contributed by atoms with Crippen molar-refractivity contribution in [3.8, 4) is 0 Å². The fourth-order valence-electron chi connectivity index (χ4n) is 1.45. The van der Waals surface area contributed by atoms with E-state index in [1.807, 2.05) is 0 Å². The number of fused-ring (bicyclic) bond motifs is 1. The number of aliphatic hydroxyl groups excluding tert-OH is 1. The van der Waals surface area contributed by atoms with Gasteiger partial charge < -0.3 is 9.84 Å². The lowest BCUT2D eigenvalue weighted by Crippen LogP contribution is -2.04. The Morgan fingerprint density at radius 2 is 2.31 bits per heavy atom. The summed E-state index contributed by atoms with van der Waals surface area (Å²) in [5.74, 6) is 0.203. The van der Waals surface area contributed by atoms with Gasteiger partial charge in [-0.25, -0.2) is 4.79 Å². The van der Waals surface area contributed by atoms with Crippen LogP contribution in [0.25, 0.3) is 5.65 Å². The minimum atomic E-state index is -0.412. The Balaban J connectivity index is 2.49. The number of esters is 1. The summed E-state index contributed by atoms with van der Waals surface area (Å²) in [5.41, 5.74) is 1.06. The normalized spacial score (nSPS) is 10.6. The Hall–Kier alpha value is -1.95. The number of aliphatic hydroxyl groups is 1. The van der Waals surface area contributed by atoms with Crippen LogP contribution in [0, 0.1) is 0 Å². The second-order valence-electron chi connectivity index (χ2n) is 3.23. The fourth-order valence-corrected chi connectivity index (χ4v) is 1.45. The number of methoxy groups -OCH3 is 1. The average Bonchev–Trinajstić information content (AvgIpc) is 2.71. The molecular formula is C10H11N3O3. The van der Waals surface area contributed by atoms with Crippen LogP contribution in [0.5, 0.6) is 0 Å². The maximum atomic E-state index is 11.3. The molecule has 1 N–H and O–H groups in total. The zero-order valence-corrected chi connectivity index (χ0v) is 8.75. The minimum absolute atomic E-state index is 0.0107. The molecule has 0 unspecified atom stereocenters. The van der Waals surface area contributed by atoms with Crippen molar-refractivity contribution >= 4 is 11.6 Å². The Morgan fingerprint density at radius 3 is 3.00 bits per heavy atom. The highest BCUT2D eigenvalue weighted by Gasteiger charge is 2.09. The third-order valence-electron chi connectivity index (χ3n) is 2.23. The lowest BCUT2D eigenvalue weighted by molar-refractivity contribution is 0.0600. The van der Waals surface area contributed by atoms with Crippen LogP contribution >= 0.6 is 0 Å². The van der Waals surface area contributed by atoms with Crippen LogP contribution in [0.4, 0.5) is 0 Å². The summed E-state index contributed by atoms with van der Waals surface area (Å²) >= 11 is 0. The molecule has 6 heteroatoms. The number of rotatable bonds is 3. The van der Waals surface area contributed by atoms with Crippen molar-refractivity contribution in [1.29, 1.82) is 0 Å². The SMILES string of the molecule is COC(=O)c1ccc2nnc(CCO)n2c1. The Morgan fingerprint density at radius 1 is 1.50 bits per heavy atom. The Kier molecular flexibility index (Phi) is 2.82. The van der Waals surface area contributed by atoms with Gasteiger partial charge in [-0.2, -0.15) is 0 Å². The summed E-state index contributed by atoms with van der Waals surface area (Å²) in [5, 5.41) is 16.7. The molecule has 0 aliphatic heterocycles. The molecule has 0 spiro atoms. The predicted molar refractivity (Wildman–Crippen MR) is 55.1 cm³/mol. The molecule has 6 nitrogen and oxygen atoms in total. The second kappa shape index (κ2) is 4.28.